The lowest BCUT2D eigenvalue weighted by atomic mass is 10.2. The number of carbonyl (C=O) groups is 1. The fraction of sp³-hybridized carbons (Fsp3) is 0.417. The largest absolute Gasteiger partial charge is 0.497 e. The van der Waals surface area contributed by atoms with Gasteiger partial charge < -0.3 is 19.9 Å². The van der Waals surface area contributed by atoms with Crippen LogP contribution in [0.3, 0.4) is 0 Å². The van der Waals surface area contributed by atoms with Crippen LogP contribution in [0.1, 0.15) is 12.5 Å². The molecule has 0 aliphatic rings. The van der Waals surface area contributed by atoms with E-state index in [9.17, 15) is 4.79 Å². The summed E-state index contributed by atoms with van der Waals surface area (Å²) in [6, 6.07) is 4.66. The van der Waals surface area contributed by atoms with Gasteiger partial charge >= 0.3 is 5.97 Å². The van der Waals surface area contributed by atoms with Crippen LogP contribution in [0.4, 0.5) is 0 Å². The topological polar surface area (TPSA) is 70.8 Å². The molecule has 1 rings (SSSR count). The van der Waals surface area contributed by atoms with Crippen LogP contribution in [-0.2, 0) is 16.1 Å². The Morgan fingerprint density at radius 1 is 1.35 bits per heavy atom. The quantitative estimate of drug-likeness (QED) is 0.779. The summed E-state index contributed by atoms with van der Waals surface area (Å²) in [5.41, 5.74) is 6.16. The number of benzene rings is 1. The van der Waals surface area contributed by atoms with E-state index in [0.29, 0.717) is 11.5 Å². The van der Waals surface area contributed by atoms with Gasteiger partial charge in [0.15, 0.2) is 0 Å². The Labute approximate surface area is 100 Å². The van der Waals surface area contributed by atoms with Crippen LogP contribution in [0.2, 0.25) is 0 Å². The van der Waals surface area contributed by atoms with Crippen LogP contribution < -0.4 is 15.2 Å². The van der Waals surface area contributed by atoms with Gasteiger partial charge in [-0.15, -0.1) is 0 Å². The molecular weight excluding hydrogens is 222 g/mol. The van der Waals surface area contributed by atoms with Crippen LogP contribution >= 0.6 is 0 Å². The summed E-state index contributed by atoms with van der Waals surface area (Å²) < 4.78 is 15.3. The van der Waals surface area contributed by atoms with E-state index in [4.69, 9.17) is 19.9 Å². The van der Waals surface area contributed by atoms with Crippen LogP contribution in [0.25, 0.3) is 0 Å². The molecule has 1 atom stereocenters. The Morgan fingerprint density at radius 2 is 2.06 bits per heavy atom. The van der Waals surface area contributed by atoms with Crippen LogP contribution in [0.5, 0.6) is 11.5 Å². The zero-order valence-electron chi connectivity index (χ0n) is 10.2. The van der Waals surface area contributed by atoms with Gasteiger partial charge in [-0.2, -0.15) is 0 Å². The van der Waals surface area contributed by atoms with E-state index >= 15 is 0 Å². The fourth-order valence-electron chi connectivity index (χ4n) is 1.25. The van der Waals surface area contributed by atoms with E-state index in [2.05, 4.69) is 0 Å². The minimum atomic E-state index is -0.626. The zero-order chi connectivity index (χ0) is 12.8. The van der Waals surface area contributed by atoms with E-state index in [1.54, 1.807) is 39.3 Å². The molecule has 0 heterocycles. The Morgan fingerprint density at radius 3 is 2.59 bits per heavy atom. The number of methoxy groups -OCH3 is 2. The van der Waals surface area contributed by atoms with E-state index in [-0.39, 0.29) is 6.61 Å². The lowest BCUT2D eigenvalue weighted by Crippen LogP contribution is -2.28. The minimum Gasteiger partial charge on any atom is -0.497 e. The fourth-order valence-corrected chi connectivity index (χ4v) is 1.25. The van der Waals surface area contributed by atoms with Crippen LogP contribution in [0.15, 0.2) is 18.2 Å². The summed E-state index contributed by atoms with van der Waals surface area (Å²) in [6.07, 6.45) is 0. The SMILES string of the molecule is COc1ccc(COC(=O)C(C)N)c(OC)c1. The molecule has 0 aliphatic carbocycles. The highest BCUT2D eigenvalue weighted by Crippen LogP contribution is 2.25. The van der Waals surface area contributed by atoms with Gasteiger partial charge in [-0.1, -0.05) is 0 Å². The van der Waals surface area contributed by atoms with Gasteiger partial charge in [-0.05, 0) is 19.1 Å². The first-order chi connectivity index (χ1) is 8.08. The van der Waals surface area contributed by atoms with E-state index in [1.165, 1.54) is 0 Å². The first-order valence-corrected chi connectivity index (χ1v) is 5.21. The highest BCUT2D eigenvalue weighted by atomic mass is 16.5. The molecule has 0 radical (unpaired) electrons. The van der Waals surface area contributed by atoms with Gasteiger partial charge in [0.2, 0.25) is 0 Å². The maximum absolute atomic E-state index is 11.2. The molecule has 2 N–H and O–H groups in total. The van der Waals surface area contributed by atoms with Gasteiger partial charge in [0.05, 0.1) is 14.2 Å². The molecule has 5 heteroatoms. The summed E-state index contributed by atoms with van der Waals surface area (Å²) in [7, 11) is 3.12. The molecule has 0 saturated carbocycles. The first-order valence-electron chi connectivity index (χ1n) is 5.21. The van der Waals surface area contributed by atoms with Gasteiger partial charge in [0, 0.05) is 11.6 Å². The van der Waals surface area contributed by atoms with E-state index in [0.717, 1.165) is 5.56 Å². The number of rotatable bonds is 5. The molecule has 1 aromatic rings. The summed E-state index contributed by atoms with van der Waals surface area (Å²) in [4.78, 5) is 11.2. The molecule has 0 spiro atoms. The van der Waals surface area contributed by atoms with Gasteiger partial charge in [0.1, 0.15) is 24.1 Å². The Kier molecular flexibility index (Phi) is 4.78. The smallest absolute Gasteiger partial charge is 0.322 e. The Bertz CT molecular complexity index is 390. The predicted molar refractivity (Wildman–Crippen MR) is 63.0 cm³/mol. The first kappa shape index (κ1) is 13.3. The van der Waals surface area contributed by atoms with Crippen molar-refractivity contribution in [2.45, 2.75) is 19.6 Å². The van der Waals surface area contributed by atoms with Crippen molar-refractivity contribution in [1.29, 1.82) is 0 Å². The van der Waals surface area contributed by atoms with Gasteiger partial charge in [0.25, 0.3) is 0 Å². The van der Waals surface area contributed by atoms with Crippen LogP contribution in [-0.4, -0.2) is 26.2 Å². The van der Waals surface area contributed by atoms with Crippen molar-refractivity contribution in [2.75, 3.05) is 14.2 Å². The summed E-state index contributed by atoms with van der Waals surface area (Å²) in [6.45, 7) is 1.71. The Hall–Kier alpha value is -1.75. The van der Waals surface area contributed by atoms with Crippen molar-refractivity contribution in [3.8, 4) is 11.5 Å². The molecular formula is C12H17NO4. The molecule has 0 saturated heterocycles. The molecule has 1 unspecified atom stereocenters. The third-order valence-corrected chi connectivity index (χ3v) is 2.24. The molecule has 0 amide bonds. The molecule has 94 valence electrons. The highest BCUT2D eigenvalue weighted by Gasteiger charge is 2.11. The Balaban J connectivity index is 2.74. The van der Waals surface area contributed by atoms with Crippen molar-refractivity contribution in [2.24, 2.45) is 5.73 Å². The third kappa shape index (κ3) is 3.64. The van der Waals surface area contributed by atoms with Crippen molar-refractivity contribution in [3.05, 3.63) is 23.8 Å². The summed E-state index contributed by atoms with van der Waals surface area (Å²) in [5.74, 6) is 0.855. The molecule has 0 aliphatic heterocycles. The maximum atomic E-state index is 11.2. The molecule has 1 aromatic carbocycles. The van der Waals surface area contributed by atoms with Crippen molar-refractivity contribution in [3.63, 3.8) is 0 Å². The monoisotopic (exact) mass is 239 g/mol. The van der Waals surface area contributed by atoms with Crippen molar-refractivity contribution >= 4 is 5.97 Å². The summed E-state index contributed by atoms with van der Waals surface area (Å²) >= 11 is 0. The average molecular weight is 239 g/mol. The third-order valence-electron chi connectivity index (χ3n) is 2.24. The molecule has 0 fully saturated rings. The van der Waals surface area contributed by atoms with Gasteiger partial charge in [-0.25, -0.2) is 0 Å². The van der Waals surface area contributed by atoms with E-state index < -0.39 is 12.0 Å². The average Bonchev–Trinajstić information content (AvgIpc) is 2.35. The van der Waals surface area contributed by atoms with Crippen molar-refractivity contribution in [1.82, 2.24) is 0 Å². The van der Waals surface area contributed by atoms with Crippen LogP contribution in [0, 0.1) is 0 Å². The van der Waals surface area contributed by atoms with E-state index in [1.807, 2.05) is 0 Å². The second-order valence-corrected chi connectivity index (χ2v) is 3.57. The number of hydrogen-bond donors (Lipinski definition) is 1. The number of ether oxygens (including phenoxy) is 3. The molecule has 0 bridgehead atoms. The lowest BCUT2D eigenvalue weighted by molar-refractivity contribution is -0.146. The molecule has 5 nitrogen and oxygen atoms in total. The van der Waals surface area contributed by atoms with Gasteiger partial charge in [-0.3, -0.25) is 4.79 Å². The number of nitrogens with two attached hydrogens (primary N) is 1. The standard InChI is InChI=1S/C12H17NO4/c1-8(13)12(14)17-7-9-4-5-10(15-2)6-11(9)16-3/h4-6,8H,7,13H2,1-3H3. The second kappa shape index (κ2) is 6.10. The second-order valence-electron chi connectivity index (χ2n) is 3.57. The number of hydrogen-bond acceptors (Lipinski definition) is 5. The highest BCUT2D eigenvalue weighted by molar-refractivity contribution is 5.74. The van der Waals surface area contributed by atoms with Crippen molar-refractivity contribution < 1.29 is 19.0 Å². The minimum absolute atomic E-state index is 0.132. The number of esters is 1. The normalized spacial score (nSPS) is 11.8. The maximum Gasteiger partial charge on any atom is 0.322 e. The molecule has 0 aromatic heterocycles. The zero-order valence-corrected chi connectivity index (χ0v) is 10.2. The lowest BCUT2D eigenvalue weighted by Gasteiger charge is -2.11. The predicted octanol–water partition coefficient (Wildman–Crippen LogP) is 1.09. The summed E-state index contributed by atoms with van der Waals surface area (Å²) in [5, 5.41) is 0. The number of carbonyl (C=O) groups excluding carboxylic acids is 1. The molecule has 17 heavy (non-hydrogen) atoms.